The lowest BCUT2D eigenvalue weighted by atomic mass is 10.0. The standard InChI is InChI=1S/C14H22N2O3S/c1-10(2)12-5-4-8-16(12)20(17,18)14-9-11(15)6-7-13(14)19-3/h6-7,9-10,12H,4-5,8,15H2,1-3H3. The van der Waals surface area contributed by atoms with Gasteiger partial charge in [-0.3, -0.25) is 0 Å². The second kappa shape index (κ2) is 5.61. The van der Waals surface area contributed by atoms with E-state index in [1.165, 1.54) is 13.2 Å². The fraction of sp³-hybridized carbons (Fsp3) is 0.571. The van der Waals surface area contributed by atoms with Crippen molar-refractivity contribution in [1.82, 2.24) is 4.31 Å². The molecule has 1 atom stereocenters. The summed E-state index contributed by atoms with van der Waals surface area (Å²) in [7, 11) is -2.10. The van der Waals surface area contributed by atoms with Gasteiger partial charge in [-0.15, -0.1) is 0 Å². The predicted octanol–water partition coefficient (Wildman–Crippen LogP) is 2.09. The summed E-state index contributed by atoms with van der Waals surface area (Å²) in [6.45, 7) is 4.66. The van der Waals surface area contributed by atoms with Crippen molar-refractivity contribution in [2.75, 3.05) is 19.4 Å². The molecule has 2 N–H and O–H groups in total. The molecule has 0 bridgehead atoms. The second-order valence-corrected chi connectivity index (χ2v) is 7.34. The van der Waals surface area contributed by atoms with Gasteiger partial charge in [0.1, 0.15) is 10.6 Å². The van der Waals surface area contributed by atoms with Crippen LogP contribution in [0, 0.1) is 5.92 Å². The van der Waals surface area contributed by atoms with Crippen LogP contribution >= 0.6 is 0 Å². The number of hydrogen-bond donors (Lipinski definition) is 1. The molecule has 20 heavy (non-hydrogen) atoms. The average molecular weight is 298 g/mol. The van der Waals surface area contributed by atoms with Crippen molar-refractivity contribution in [1.29, 1.82) is 0 Å². The fourth-order valence-electron chi connectivity index (χ4n) is 2.75. The van der Waals surface area contributed by atoms with E-state index in [4.69, 9.17) is 10.5 Å². The number of anilines is 1. The maximum absolute atomic E-state index is 12.9. The normalized spacial score (nSPS) is 20.5. The van der Waals surface area contributed by atoms with Gasteiger partial charge < -0.3 is 10.5 Å². The fourth-order valence-corrected chi connectivity index (χ4v) is 4.77. The Kier molecular flexibility index (Phi) is 4.25. The third-order valence-corrected chi connectivity index (χ3v) is 5.74. The van der Waals surface area contributed by atoms with E-state index in [0.717, 1.165) is 12.8 Å². The zero-order valence-electron chi connectivity index (χ0n) is 12.2. The number of benzene rings is 1. The van der Waals surface area contributed by atoms with E-state index in [1.807, 2.05) is 0 Å². The smallest absolute Gasteiger partial charge is 0.247 e. The van der Waals surface area contributed by atoms with Gasteiger partial charge in [0.25, 0.3) is 0 Å². The van der Waals surface area contributed by atoms with Gasteiger partial charge in [-0.25, -0.2) is 8.42 Å². The molecule has 1 aliphatic rings. The first-order valence-electron chi connectivity index (χ1n) is 6.83. The quantitative estimate of drug-likeness (QED) is 0.864. The van der Waals surface area contributed by atoms with Gasteiger partial charge in [-0.05, 0) is 37.0 Å². The Labute approximate surface area is 120 Å². The van der Waals surface area contributed by atoms with Crippen LogP contribution in [0.4, 0.5) is 5.69 Å². The maximum atomic E-state index is 12.9. The molecule has 1 aromatic rings. The maximum Gasteiger partial charge on any atom is 0.247 e. The van der Waals surface area contributed by atoms with Crippen LogP contribution in [0.15, 0.2) is 23.1 Å². The summed E-state index contributed by atoms with van der Waals surface area (Å²) in [5.41, 5.74) is 6.15. The minimum atomic E-state index is -3.57. The van der Waals surface area contributed by atoms with Gasteiger partial charge in [0.2, 0.25) is 10.0 Å². The van der Waals surface area contributed by atoms with E-state index in [-0.39, 0.29) is 10.9 Å². The van der Waals surface area contributed by atoms with Crippen molar-refractivity contribution in [2.45, 2.75) is 37.6 Å². The molecule has 6 heteroatoms. The Hall–Kier alpha value is -1.27. The molecule has 0 amide bonds. The van der Waals surface area contributed by atoms with E-state index in [9.17, 15) is 8.42 Å². The molecule has 1 unspecified atom stereocenters. The zero-order valence-corrected chi connectivity index (χ0v) is 13.0. The molecule has 0 aromatic heterocycles. The van der Waals surface area contributed by atoms with Crippen LogP contribution in [0.25, 0.3) is 0 Å². The minimum Gasteiger partial charge on any atom is -0.495 e. The molecule has 5 nitrogen and oxygen atoms in total. The van der Waals surface area contributed by atoms with Crippen molar-refractivity contribution in [2.24, 2.45) is 5.92 Å². The lowest BCUT2D eigenvalue weighted by Gasteiger charge is -2.27. The highest BCUT2D eigenvalue weighted by Crippen LogP contribution is 2.34. The van der Waals surface area contributed by atoms with Gasteiger partial charge in [0.05, 0.1) is 7.11 Å². The van der Waals surface area contributed by atoms with E-state index >= 15 is 0 Å². The molecular weight excluding hydrogens is 276 g/mol. The summed E-state index contributed by atoms with van der Waals surface area (Å²) < 4.78 is 32.5. The topological polar surface area (TPSA) is 72.6 Å². The first kappa shape index (κ1) is 15.1. The molecule has 1 aliphatic heterocycles. The number of nitrogens with zero attached hydrogens (tertiary/aromatic N) is 1. The number of rotatable bonds is 4. The molecule has 1 heterocycles. The lowest BCUT2D eigenvalue weighted by molar-refractivity contribution is 0.313. The SMILES string of the molecule is COc1ccc(N)cc1S(=O)(=O)N1CCCC1C(C)C. The number of nitrogens with two attached hydrogens (primary N) is 1. The summed E-state index contributed by atoms with van der Waals surface area (Å²) >= 11 is 0. The molecule has 0 spiro atoms. The summed E-state index contributed by atoms with van der Waals surface area (Å²) in [5.74, 6) is 0.632. The number of ether oxygens (including phenoxy) is 1. The van der Waals surface area contributed by atoms with E-state index in [0.29, 0.717) is 23.9 Å². The Morgan fingerprint density at radius 3 is 2.70 bits per heavy atom. The van der Waals surface area contributed by atoms with Crippen LogP contribution < -0.4 is 10.5 Å². The molecule has 2 rings (SSSR count). The first-order valence-corrected chi connectivity index (χ1v) is 8.27. The van der Waals surface area contributed by atoms with E-state index < -0.39 is 10.0 Å². The number of hydrogen-bond acceptors (Lipinski definition) is 4. The average Bonchev–Trinajstić information content (AvgIpc) is 2.88. The lowest BCUT2D eigenvalue weighted by Crippen LogP contribution is -2.38. The van der Waals surface area contributed by atoms with Crippen LogP contribution in [0.5, 0.6) is 5.75 Å². The second-order valence-electron chi connectivity index (χ2n) is 5.48. The summed E-state index contributed by atoms with van der Waals surface area (Å²) in [4.78, 5) is 0.160. The molecule has 1 fully saturated rings. The summed E-state index contributed by atoms with van der Waals surface area (Å²) in [6, 6.07) is 4.76. The molecule has 0 radical (unpaired) electrons. The number of sulfonamides is 1. The van der Waals surface area contributed by atoms with Crippen LogP contribution in [-0.4, -0.2) is 32.4 Å². The Morgan fingerprint density at radius 1 is 1.40 bits per heavy atom. The van der Waals surface area contributed by atoms with E-state index in [2.05, 4.69) is 13.8 Å². The van der Waals surface area contributed by atoms with Crippen molar-refractivity contribution in [3.63, 3.8) is 0 Å². The Bertz CT molecular complexity index is 584. The number of nitrogen functional groups attached to an aromatic ring is 1. The van der Waals surface area contributed by atoms with Gasteiger partial charge in [0.15, 0.2) is 0 Å². The molecule has 1 aromatic carbocycles. The van der Waals surface area contributed by atoms with Gasteiger partial charge in [-0.2, -0.15) is 4.31 Å². The van der Waals surface area contributed by atoms with Crippen molar-refractivity contribution in [3.8, 4) is 5.75 Å². The van der Waals surface area contributed by atoms with E-state index in [1.54, 1.807) is 16.4 Å². The van der Waals surface area contributed by atoms with Gasteiger partial charge in [-0.1, -0.05) is 13.8 Å². The molecule has 112 valence electrons. The van der Waals surface area contributed by atoms with Crippen LogP contribution in [-0.2, 0) is 10.0 Å². The van der Waals surface area contributed by atoms with Crippen molar-refractivity contribution in [3.05, 3.63) is 18.2 Å². The van der Waals surface area contributed by atoms with Crippen LogP contribution in [0.3, 0.4) is 0 Å². The predicted molar refractivity (Wildman–Crippen MR) is 79.2 cm³/mol. The highest BCUT2D eigenvalue weighted by molar-refractivity contribution is 7.89. The molecular formula is C14H22N2O3S. The molecule has 0 saturated carbocycles. The zero-order chi connectivity index (χ0) is 14.9. The van der Waals surface area contributed by atoms with Gasteiger partial charge >= 0.3 is 0 Å². The number of methoxy groups -OCH3 is 1. The summed E-state index contributed by atoms with van der Waals surface area (Å²) in [6.07, 6.45) is 1.80. The third kappa shape index (κ3) is 2.62. The van der Waals surface area contributed by atoms with Crippen LogP contribution in [0.2, 0.25) is 0 Å². The first-order chi connectivity index (χ1) is 9.37. The summed E-state index contributed by atoms with van der Waals surface area (Å²) in [5, 5.41) is 0. The Morgan fingerprint density at radius 2 is 2.10 bits per heavy atom. The molecule has 1 saturated heterocycles. The van der Waals surface area contributed by atoms with Crippen molar-refractivity contribution >= 4 is 15.7 Å². The minimum absolute atomic E-state index is 0.0473. The third-order valence-electron chi connectivity index (χ3n) is 3.79. The van der Waals surface area contributed by atoms with Crippen molar-refractivity contribution < 1.29 is 13.2 Å². The highest BCUT2D eigenvalue weighted by Gasteiger charge is 2.38. The Balaban J connectivity index is 2.47. The molecule has 0 aliphatic carbocycles. The highest BCUT2D eigenvalue weighted by atomic mass is 32.2. The van der Waals surface area contributed by atoms with Gasteiger partial charge in [0, 0.05) is 18.3 Å². The monoisotopic (exact) mass is 298 g/mol. The van der Waals surface area contributed by atoms with Crippen LogP contribution in [0.1, 0.15) is 26.7 Å². The largest absolute Gasteiger partial charge is 0.495 e.